The quantitative estimate of drug-likeness (QED) is 0.672. The van der Waals surface area contributed by atoms with Gasteiger partial charge in [-0.3, -0.25) is 0 Å². The molecule has 0 bridgehead atoms. The van der Waals surface area contributed by atoms with E-state index in [4.69, 9.17) is 0 Å². The largest absolute Gasteiger partial charge is 0.338 e. The van der Waals surface area contributed by atoms with Crippen LogP contribution in [0.1, 0.15) is 0 Å². The zero-order valence-electron chi connectivity index (χ0n) is 7.70. The maximum Gasteiger partial charge on any atom is 0.144 e. The van der Waals surface area contributed by atoms with Gasteiger partial charge in [-0.1, -0.05) is 27.7 Å². The lowest BCUT2D eigenvalue weighted by molar-refractivity contribution is 1.19. The van der Waals surface area contributed by atoms with Crippen molar-refractivity contribution in [3.63, 3.8) is 0 Å². The average Bonchev–Trinajstić information content (AvgIpc) is 2.26. The molecule has 2 nitrogen and oxygen atoms in total. The van der Waals surface area contributed by atoms with Gasteiger partial charge >= 0.3 is 0 Å². The minimum atomic E-state index is 0.942. The summed E-state index contributed by atoms with van der Waals surface area (Å²) in [6.45, 7) is 0. The Labute approximate surface area is 100 Å². The molecule has 0 radical (unpaired) electrons. The minimum Gasteiger partial charge on any atom is -0.338 e. The van der Waals surface area contributed by atoms with Gasteiger partial charge in [0.15, 0.2) is 0 Å². The molecule has 15 heavy (non-hydrogen) atoms. The van der Waals surface area contributed by atoms with Crippen molar-refractivity contribution < 1.29 is 0 Å². The van der Waals surface area contributed by atoms with Crippen LogP contribution in [-0.2, 0) is 0 Å². The van der Waals surface area contributed by atoms with Crippen LogP contribution in [-0.4, -0.2) is 4.98 Å². The van der Waals surface area contributed by atoms with Gasteiger partial charge in [0.05, 0.1) is 10.6 Å². The van der Waals surface area contributed by atoms with Crippen molar-refractivity contribution in [1.82, 2.24) is 4.98 Å². The molecule has 0 fully saturated rings. The molecule has 0 amide bonds. The second-order valence-corrected chi connectivity index (χ2v) is 5.22. The second-order valence-electron chi connectivity index (χ2n) is 3.22. The number of fused-ring (bicyclic) bond motifs is 2. The summed E-state index contributed by atoms with van der Waals surface area (Å²) >= 11 is 5.22. The number of nitrogens with one attached hydrogen (secondary N) is 1. The maximum atomic E-state index is 4.30. The van der Waals surface area contributed by atoms with Gasteiger partial charge in [-0.05, 0) is 30.3 Å². The summed E-state index contributed by atoms with van der Waals surface area (Å²) in [4.78, 5) is 6.69. The molecular formula is C11H7BrN2S. The highest BCUT2D eigenvalue weighted by atomic mass is 79.9. The fourth-order valence-electron chi connectivity index (χ4n) is 1.50. The smallest absolute Gasteiger partial charge is 0.144 e. The number of pyridine rings is 1. The highest BCUT2D eigenvalue weighted by Gasteiger charge is 2.15. The monoisotopic (exact) mass is 278 g/mol. The highest BCUT2D eigenvalue weighted by molar-refractivity contribution is 9.10. The first-order chi connectivity index (χ1) is 7.33. The van der Waals surface area contributed by atoms with Gasteiger partial charge < -0.3 is 5.32 Å². The van der Waals surface area contributed by atoms with Gasteiger partial charge in [-0.2, -0.15) is 0 Å². The van der Waals surface area contributed by atoms with Crippen LogP contribution in [0.25, 0.3) is 0 Å². The molecule has 1 aliphatic heterocycles. The Morgan fingerprint density at radius 2 is 2.13 bits per heavy atom. The van der Waals surface area contributed by atoms with E-state index >= 15 is 0 Å². The van der Waals surface area contributed by atoms with Gasteiger partial charge in [-0.25, -0.2) is 4.98 Å². The van der Waals surface area contributed by atoms with E-state index in [0.29, 0.717) is 0 Å². The molecule has 0 spiro atoms. The van der Waals surface area contributed by atoms with Gasteiger partial charge in [0.25, 0.3) is 0 Å². The van der Waals surface area contributed by atoms with E-state index in [0.717, 1.165) is 16.0 Å². The minimum absolute atomic E-state index is 0.942. The molecule has 0 saturated carbocycles. The molecule has 2 heterocycles. The second kappa shape index (κ2) is 3.54. The number of nitrogens with zero attached hydrogens (tertiary/aromatic N) is 1. The first-order valence-electron chi connectivity index (χ1n) is 4.52. The van der Waals surface area contributed by atoms with Gasteiger partial charge in [-0.15, -0.1) is 0 Å². The van der Waals surface area contributed by atoms with Crippen LogP contribution in [0.15, 0.2) is 50.8 Å². The van der Waals surface area contributed by atoms with Crippen LogP contribution in [0.2, 0.25) is 0 Å². The fraction of sp³-hybridized carbons (Fsp3) is 0. The molecule has 1 aromatic heterocycles. The van der Waals surface area contributed by atoms with Crippen molar-refractivity contribution in [3.05, 3.63) is 41.0 Å². The van der Waals surface area contributed by atoms with Crippen LogP contribution < -0.4 is 5.32 Å². The third-order valence-corrected chi connectivity index (χ3v) is 3.79. The third-order valence-electron chi connectivity index (χ3n) is 2.19. The summed E-state index contributed by atoms with van der Waals surface area (Å²) in [5.74, 6) is 0.942. The lowest BCUT2D eigenvalue weighted by atomic mass is 10.3. The van der Waals surface area contributed by atoms with E-state index in [2.05, 4.69) is 44.4 Å². The van der Waals surface area contributed by atoms with Crippen LogP contribution in [0.3, 0.4) is 0 Å². The number of rotatable bonds is 0. The number of hydrogen-bond donors (Lipinski definition) is 1. The summed E-state index contributed by atoms with van der Waals surface area (Å²) in [5.41, 5.74) is 1.12. The molecule has 3 rings (SSSR count). The van der Waals surface area contributed by atoms with Crippen molar-refractivity contribution in [3.8, 4) is 0 Å². The SMILES string of the molecule is Brc1ccc2c(c1)Sc1cccnc1N2. The molecule has 0 unspecified atom stereocenters. The van der Waals surface area contributed by atoms with E-state index in [-0.39, 0.29) is 0 Å². The third kappa shape index (κ3) is 1.64. The first kappa shape index (κ1) is 9.24. The Morgan fingerprint density at radius 1 is 1.20 bits per heavy atom. The number of aromatic nitrogens is 1. The van der Waals surface area contributed by atoms with Crippen LogP contribution in [0.4, 0.5) is 11.5 Å². The molecule has 2 aromatic rings. The summed E-state index contributed by atoms with van der Waals surface area (Å²) < 4.78 is 1.10. The van der Waals surface area contributed by atoms with Crippen LogP contribution >= 0.6 is 27.7 Å². The Hall–Kier alpha value is -1.00. The molecule has 0 aliphatic carbocycles. The fourth-order valence-corrected chi connectivity index (χ4v) is 3.01. The van der Waals surface area contributed by atoms with E-state index in [9.17, 15) is 0 Å². The number of benzene rings is 1. The van der Waals surface area contributed by atoms with E-state index in [1.807, 2.05) is 12.1 Å². The van der Waals surface area contributed by atoms with E-state index in [1.165, 1.54) is 9.79 Å². The molecule has 0 atom stereocenters. The maximum absolute atomic E-state index is 4.30. The number of halogens is 1. The van der Waals surface area contributed by atoms with E-state index < -0.39 is 0 Å². The van der Waals surface area contributed by atoms with Crippen molar-refractivity contribution >= 4 is 39.2 Å². The number of hydrogen-bond acceptors (Lipinski definition) is 3. The Bertz CT molecular complexity index is 528. The molecule has 4 heteroatoms. The normalized spacial score (nSPS) is 12.6. The summed E-state index contributed by atoms with van der Waals surface area (Å²) in [5, 5.41) is 3.31. The highest BCUT2D eigenvalue weighted by Crippen LogP contribution is 2.43. The topological polar surface area (TPSA) is 24.9 Å². The zero-order chi connectivity index (χ0) is 10.3. The molecule has 1 aliphatic rings. The van der Waals surface area contributed by atoms with Crippen LogP contribution in [0, 0.1) is 0 Å². The predicted molar refractivity (Wildman–Crippen MR) is 65.8 cm³/mol. The molecule has 0 saturated heterocycles. The summed E-state index contributed by atoms with van der Waals surface area (Å²) in [6.07, 6.45) is 1.80. The molecule has 1 aromatic carbocycles. The van der Waals surface area contributed by atoms with Crippen molar-refractivity contribution in [2.24, 2.45) is 0 Å². The molecule has 74 valence electrons. The van der Waals surface area contributed by atoms with Crippen LogP contribution in [0.5, 0.6) is 0 Å². The standard InChI is InChI=1S/C11H7BrN2S/c12-7-3-4-8-10(6-7)15-9-2-1-5-13-11(9)14-8/h1-6H,(H,13,14). The van der Waals surface area contributed by atoms with Crippen molar-refractivity contribution in [1.29, 1.82) is 0 Å². The Morgan fingerprint density at radius 3 is 3.07 bits per heavy atom. The van der Waals surface area contributed by atoms with Gasteiger partial charge in [0.1, 0.15) is 5.82 Å². The van der Waals surface area contributed by atoms with Gasteiger partial charge in [0.2, 0.25) is 0 Å². The lowest BCUT2D eigenvalue weighted by Gasteiger charge is -2.19. The summed E-state index contributed by atoms with van der Waals surface area (Å²) in [6, 6.07) is 10.2. The van der Waals surface area contributed by atoms with Crippen molar-refractivity contribution in [2.75, 3.05) is 5.32 Å². The predicted octanol–water partition coefficient (Wildman–Crippen LogP) is 4.05. The average molecular weight is 279 g/mol. The summed E-state index contributed by atoms with van der Waals surface area (Å²) in [7, 11) is 0. The molecular weight excluding hydrogens is 272 g/mol. The Kier molecular flexibility index (Phi) is 2.18. The van der Waals surface area contributed by atoms with E-state index in [1.54, 1.807) is 18.0 Å². The molecule has 1 N–H and O–H groups in total. The Balaban J connectivity index is 2.11. The van der Waals surface area contributed by atoms with Gasteiger partial charge in [0, 0.05) is 15.6 Å². The lowest BCUT2D eigenvalue weighted by Crippen LogP contribution is -2.01. The van der Waals surface area contributed by atoms with Crippen molar-refractivity contribution in [2.45, 2.75) is 9.79 Å². The number of anilines is 2. The first-order valence-corrected chi connectivity index (χ1v) is 6.13. The zero-order valence-corrected chi connectivity index (χ0v) is 10.1.